The lowest BCUT2D eigenvalue weighted by atomic mass is 9.52. The summed E-state index contributed by atoms with van der Waals surface area (Å²) in [5.74, 6) is 3.86. The molecule has 3 saturated carbocycles. The van der Waals surface area contributed by atoms with E-state index in [-0.39, 0.29) is 0 Å². The zero-order valence-electron chi connectivity index (χ0n) is 12.8. The first-order chi connectivity index (χ1) is 9.84. The summed E-state index contributed by atoms with van der Waals surface area (Å²) in [4.78, 5) is 0. The Hall–Kier alpha value is -0.300. The summed E-state index contributed by atoms with van der Waals surface area (Å²) in [5.41, 5.74) is 2.38. The van der Waals surface area contributed by atoms with Gasteiger partial charge < -0.3 is 5.11 Å². The van der Waals surface area contributed by atoms with Crippen LogP contribution in [0.3, 0.4) is 0 Å². The van der Waals surface area contributed by atoms with Crippen LogP contribution in [-0.2, 0) is 0 Å². The number of fused-ring (bicyclic) bond motifs is 5. The van der Waals surface area contributed by atoms with Gasteiger partial charge in [-0.25, -0.2) is 0 Å². The predicted octanol–water partition coefficient (Wildman–Crippen LogP) is 4.70. The van der Waals surface area contributed by atoms with Crippen molar-refractivity contribution in [2.24, 2.45) is 29.1 Å². The predicted molar refractivity (Wildman–Crippen MR) is 82.3 cm³/mol. The van der Waals surface area contributed by atoms with Gasteiger partial charge in [0.05, 0.1) is 0 Å². The molecule has 0 aromatic carbocycles. The van der Waals surface area contributed by atoms with Gasteiger partial charge in [-0.1, -0.05) is 24.5 Å². The smallest absolute Gasteiger partial charge is 0.0436 e. The molecule has 1 N–H and O–H groups in total. The second kappa shape index (κ2) is 5.16. The van der Waals surface area contributed by atoms with Gasteiger partial charge in [-0.2, -0.15) is 0 Å². The quantitative estimate of drug-likeness (QED) is 0.724. The third-order valence-corrected chi connectivity index (χ3v) is 7.50. The lowest BCUT2D eigenvalue weighted by molar-refractivity contribution is -0.0150. The van der Waals surface area contributed by atoms with E-state index in [4.69, 9.17) is 0 Å². The molecule has 0 aromatic rings. The molecule has 4 rings (SSSR count). The molecule has 1 nitrogen and oxygen atoms in total. The van der Waals surface area contributed by atoms with Crippen molar-refractivity contribution in [1.29, 1.82) is 0 Å². The monoisotopic (exact) mass is 274 g/mol. The van der Waals surface area contributed by atoms with Crippen molar-refractivity contribution >= 4 is 0 Å². The summed E-state index contributed by atoms with van der Waals surface area (Å²) in [6, 6.07) is 0. The molecule has 0 aliphatic heterocycles. The van der Waals surface area contributed by atoms with Crippen molar-refractivity contribution in [2.45, 2.75) is 70.6 Å². The number of hydrogen-bond donors (Lipinski definition) is 1. The minimum atomic E-state index is 0.415. The van der Waals surface area contributed by atoms with Gasteiger partial charge in [-0.3, -0.25) is 0 Å². The summed E-state index contributed by atoms with van der Waals surface area (Å²) in [6.45, 7) is 0.415. The molecule has 5 atom stereocenters. The lowest BCUT2D eigenvalue weighted by Gasteiger charge is -2.53. The fourth-order valence-electron chi connectivity index (χ4n) is 6.70. The third-order valence-electron chi connectivity index (χ3n) is 7.50. The highest BCUT2D eigenvalue weighted by Gasteiger charge is 2.53. The molecule has 0 spiro atoms. The number of rotatable bonds is 2. The van der Waals surface area contributed by atoms with Crippen LogP contribution in [0.5, 0.6) is 0 Å². The summed E-state index contributed by atoms with van der Waals surface area (Å²) < 4.78 is 0. The number of hydrogen-bond acceptors (Lipinski definition) is 1. The van der Waals surface area contributed by atoms with Gasteiger partial charge in [0.15, 0.2) is 0 Å². The number of aliphatic hydroxyl groups excluding tert-OH is 1. The number of allylic oxidation sites excluding steroid dienone is 2. The highest BCUT2D eigenvalue weighted by molar-refractivity contribution is 5.18. The van der Waals surface area contributed by atoms with Crippen LogP contribution < -0.4 is 0 Å². The molecule has 0 heterocycles. The van der Waals surface area contributed by atoms with E-state index in [2.05, 4.69) is 6.08 Å². The van der Waals surface area contributed by atoms with Crippen LogP contribution in [0.4, 0.5) is 0 Å². The molecule has 0 amide bonds. The summed E-state index contributed by atoms with van der Waals surface area (Å²) in [5, 5.41) is 9.53. The van der Waals surface area contributed by atoms with Crippen LogP contribution in [0.2, 0.25) is 0 Å². The first-order valence-electron chi connectivity index (χ1n) is 9.14. The SMILES string of the molecule is OCC[C@@]12CCC[C@H]1[C@@H]1CC=C3CCCC[C@@H]3[C@H]1CC2. The maximum atomic E-state index is 9.53. The Kier molecular flexibility index (Phi) is 3.45. The molecule has 4 aliphatic rings. The molecule has 4 aliphatic carbocycles. The van der Waals surface area contributed by atoms with Crippen molar-refractivity contribution in [1.82, 2.24) is 0 Å². The van der Waals surface area contributed by atoms with Gasteiger partial charge in [0.1, 0.15) is 0 Å². The molecule has 3 fully saturated rings. The fraction of sp³-hybridized carbons (Fsp3) is 0.895. The van der Waals surface area contributed by atoms with E-state index in [9.17, 15) is 5.11 Å². The van der Waals surface area contributed by atoms with Gasteiger partial charge in [0.25, 0.3) is 0 Å². The van der Waals surface area contributed by atoms with Gasteiger partial charge in [-0.05, 0) is 86.9 Å². The molecule has 112 valence electrons. The Bertz CT molecular complexity index is 399. The highest BCUT2D eigenvalue weighted by atomic mass is 16.3. The Morgan fingerprint density at radius 2 is 2.00 bits per heavy atom. The maximum absolute atomic E-state index is 9.53. The van der Waals surface area contributed by atoms with E-state index in [0.717, 1.165) is 30.1 Å². The third kappa shape index (κ3) is 1.92. The van der Waals surface area contributed by atoms with Gasteiger partial charge >= 0.3 is 0 Å². The normalized spacial score (nSPS) is 47.1. The van der Waals surface area contributed by atoms with E-state index >= 15 is 0 Å². The topological polar surface area (TPSA) is 20.2 Å². The molecule has 20 heavy (non-hydrogen) atoms. The molecular formula is C19H30O. The van der Waals surface area contributed by atoms with E-state index in [1.54, 1.807) is 0 Å². The second-order valence-corrected chi connectivity index (χ2v) is 8.07. The van der Waals surface area contributed by atoms with Crippen LogP contribution in [-0.4, -0.2) is 11.7 Å². The largest absolute Gasteiger partial charge is 0.396 e. The summed E-state index contributed by atoms with van der Waals surface area (Å²) in [7, 11) is 0. The van der Waals surface area contributed by atoms with Crippen LogP contribution in [0.15, 0.2) is 11.6 Å². The Morgan fingerprint density at radius 1 is 1.05 bits per heavy atom. The summed E-state index contributed by atoms with van der Waals surface area (Å²) >= 11 is 0. The average Bonchev–Trinajstić information content (AvgIpc) is 2.91. The number of aliphatic hydroxyl groups is 1. The van der Waals surface area contributed by atoms with Crippen LogP contribution >= 0.6 is 0 Å². The molecule has 0 bridgehead atoms. The minimum Gasteiger partial charge on any atom is -0.396 e. The second-order valence-electron chi connectivity index (χ2n) is 8.07. The Balaban J connectivity index is 1.61. The van der Waals surface area contributed by atoms with Crippen molar-refractivity contribution in [3.05, 3.63) is 11.6 Å². The average molecular weight is 274 g/mol. The Labute approximate surface area is 123 Å². The van der Waals surface area contributed by atoms with Crippen LogP contribution in [0.25, 0.3) is 0 Å². The zero-order valence-corrected chi connectivity index (χ0v) is 12.8. The van der Waals surface area contributed by atoms with Crippen LogP contribution in [0, 0.1) is 29.1 Å². The van der Waals surface area contributed by atoms with E-state index in [1.807, 2.05) is 5.57 Å². The first-order valence-corrected chi connectivity index (χ1v) is 9.14. The van der Waals surface area contributed by atoms with E-state index in [1.165, 1.54) is 64.2 Å². The highest BCUT2D eigenvalue weighted by Crippen LogP contribution is 2.62. The minimum absolute atomic E-state index is 0.415. The molecule has 0 unspecified atom stereocenters. The molecule has 0 aromatic heterocycles. The molecule has 1 heteroatoms. The zero-order chi connectivity index (χ0) is 13.6. The molecule has 0 radical (unpaired) electrons. The van der Waals surface area contributed by atoms with E-state index in [0.29, 0.717) is 12.0 Å². The van der Waals surface area contributed by atoms with E-state index < -0.39 is 0 Å². The van der Waals surface area contributed by atoms with Crippen molar-refractivity contribution in [3.63, 3.8) is 0 Å². The first kappa shape index (κ1) is 13.4. The lowest BCUT2D eigenvalue weighted by Crippen LogP contribution is -2.45. The fourth-order valence-corrected chi connectivity index (χ4v) is 6.70. The molecule has 0 saturated heterocycles. The van der Waals surface area contributed by atoms with Gasteiger partial charge in [0, 0.05) is 6.61 Å². The summed E-state index contributed by atoms with van der Waals surface area (Å²) in [6.07, 6.45) is 18.1. The molecular weight excluding hydrogens is 244 g/mol. The maximum Gasteiger partial charge on any atom is 0.0436 e. The standard InChI is InChI=1S/C19H30O/c20-13-12-19-10-3-6-18(19)17-8-7-14-4-1-2-5-15(14)16(17)9-11-19/h7,15-18,20H,1-6,8-13H2/t15-,16+,17+,18-,19-/m0/s1. The van der Waals surface area contributed by atoms with Gasteiger partial charge in [-0.15, -0.1) is 0 Å². The Morgan fingerprint density at radius 3 is 2.90 bits per heavy atom. The van der Waals surface area contributed by atoms with Gasteiger partial charge in [0.2, 0.25) is 0 Å². The van der Waals surface area contributed by atoms with Crippen molar-refractivity contribution in [3.8, 4) is 0 Å². The van der Waals surface area contributed by atoms with Crippen LogP contribution in [0.1, 0.15) is 70.6 Å². The van der Waals surface area contributed by atoms with Crippen molar-refractivity contribution in [2.75, 3.05) is 6.61 Å². The van der Waals surface area contributed by atoms with Crippen molar-refractivity contribution < 1.29 is 5.11 Å².